The lowest BCUT2D eigenvalue weighted by Crippen LogP contribution is -2.56. The van der Waals surface area contributed by atoms with Crippen LogP contribution in [0.5, 0.6) is 11.5 Å². The average molecular weight is 314 g/mol. The third-order valence-corrected chi connectivity index (χ3v) is 4.42. The second-order valence-corrected chi connectivity index (χ2v) is 6.86. The van der Waals surface area contributed by atoms with E-state index in [1.54, 1.807) is 0 Å². The van der Waals surface area contributed by atoms with E-state index in [9.17, 15) is 0 Å². The van der Waals surface area contributed by atoms with Crippen molar-refractivity contribution in [3.63, 3.8) is 0 Å². The highest BCUT2D eigenvalue weighted by atomic mass is 16.7. The zero-order chi connectivity index (χ0) is 15.9. The van der Waals surface area contributed by atoms with E-state index >= 15 is 0 Å². The van der Waals surface area contributed by atoms with Crippen LogP contribution in [0.15, 0.2) is 24.4 Å². The first-order valence-corrected chi connectivity index (χ1v) is 8.00. The lowest BCUT2D eigenvalue weighted by molar-refractivity contribution is 0.148. The van der Waals surface area contributed by atoms with Crippen LogP contribution in [0.3, 0.4) is 0 Å². The van der Waals surface area contributed by atoms with Crippen molar-refractivity contribution in [3.8, 4) is 22.8 Å². The van der Waals surface area contributed by atoms with Crippen LogP contribution in [-0.4, -0.2) is 47.1 Å². The minimum Gasteiger partial charge on any atom is -0.454 e. The zero-order valence-corrected chi connectivity index (χ0v) is 13.6. The number of aromatic amines is 1. The third-order valence-electron chi connectivity index (χ3n) is 4.42. The molecule has 6 heteroatoms. The van der Waals surface area contributed by atoms with Gasteiger partial charge in [0.05, 0.1) is 11.9 Å². The fourth-order valence-corrected chi connectivity index (χ4v) is 3.36. The number of aromatic nitrogens is 2. The Bertz CT molecular complexity index is 710. The van der Waals surface area contributed by atoms with E-state index in [2.05, 4.69) is 34.3 Å². The van der Waals surface area contributed by atoms with Crippen molar-refractivity contribution >= 4 is 0 Å². The highest BCUT2D eigenvalue weighted by Gasteiger charge is 2.26. The van der Waals surface area contributed by atoms with Crippen molar-refractivity contribution in [1.82, 2.24) is 20.4 Å². The first-order chi connectivity index (χ1) is 11.1. The molecule has 2 N–H and O–H groups in total. The van der Waals surface area contributed by atoms with Crippen LogP contribution in [0.1, 0.15) is 19.4 Å². The fraction of sp³-hybridized carbons (Fsp3) is 0.471. The largest absolute Gasteiger partial charge is 0.454 e. The molecule has 1 aromatic carbocycles. The van der Waals surface area contributed by atoms with E-state index in [1.165, 1.54) is 5.56 Å². The molecular weight excluding hydrogens is 292 g/mol. The Morgan fingerprint density at radius 1 is 1.26 bits per heavy atom. The van der Waals surface area contributed by atoms with Gasteiger partial charge in [-0.15, -0.1) is 0 Å². The molecule has 0 aliphatic carbocycles. The van der Waals surface area contributed by atoms with Crippen LogP contribution in [0.2, 0.25) is 0 Å². The number of ether oxygens (including phenoxy) is 2. The maximum atomic E-state index is 5.48. The van der Waals surface area contributed by atoms with Crippen molar-refractivity contribution in [1.29, 1.82) is 0 Å². The summed E-state index contributed by atoms with van der Waals surface area (Å²) in [5.41, 5.74) is 3.50. The molecule has 1 fully saturated rings. The third kappa shape index (κ3) is 2.92. The van der Waals surface area contributed by atoms with E-state index in [-0.39, 0.29) is 5.54 Å². The zero-order valence-electron chi connectivity index (χ0n) is 13.6. The van der Waals surface area contributed by atoms with Gasteiger partial charge in [-0.25, -0.2) is 0 Å². The van der Waals surface area contributed by atoms with Gasteiger partial charge in [-0.3, -0.25) is 10.00 Å². The lowest BCUT2D eigenvalue weighted by Gasteiger charge is -2.39. The van der Waals surface area contributed by atoms with E-state index in [0.29, 0.717) is 6.79 Å². The van der Waals surface area contributed by atoms with Crippen molar-refractivity contribution in [2.24, 2.45) is 0 Å². The number of benzene rings is 1. The van der Waals surface area contributed by atoms with Gasteiger partial charge >= 0.3 is 0 Å². The van der Waals surface area contributed by atoms with Gasteiger partial charge in [-0.05, 0) is 32.0 Å². The number of rotatable bonds is 3. The molecule has 2 aliphatic rings. The molecule has 4 rings (SSSR count). The molecule has 6 nitrogen and oxygen atoms in total. The predicted octanol–water partition coefficient (Wildman–Crippen LogP) is 1.99. The molecule has 0 saturated carbocycles. The summed E-state index contributed by atoms with van der Waals surface area (Å²) in [5.74, 6) is 1.60. The van der Waals surface area contributed by atoms with Crippen molar-refractivity contribution in [3.05, 3.63) is 30.0 Å². The lowest BCUT2D eigenvalue weighted by atomic mass is 10.0. The van der Waals surface area contributed by atoms with Gasteiger partial charge < -0.3 is 14.8 Å². The maximum absolute atomic E-state index is 5.48. The van der Waals surface area contributed by atoms with Crippen LogP contribution in [0.25, 0.3) is 11.3 Å². The van der Waals surface area contributed by atoms with E-state index < -0.39 is 0 Å². The van der Waals surface area contributed by atoms with Crippen LogP contribution in [0, 0.1) is 0 Å². The van der Waals surface area contributed by atoms with Crippen molar-refractivity contribution in [2.75, 3.05) is 26.4 Å². The summed E-state index contributed by atoms with van der Waals surface area (Å²) in [6, 6.07) is 6.02. The number of nitrogens with one attached hydrogen (secondary N) is 2. The second-order valence-electron chi connectivity index (χ2n) is 6.86. The molecule has 2 aromatic rings. The first-order valence-electron chi connectivity index (χ1n) is 8.00. The van der Waals surface area contributed by atoms with Gasteiger partial charge in [0.2, 0.25) is 6.79 Å². The normalized spacial score (nSPS) is 19.9. The Morgan fingerprint density at radius 3 is 3.00 bits per heavy atom. The van der Waals surface area contributed by atoms with Gasteiger partial charge in [0.15, 0.2) is 11.5 Å². The molecule has 0 spiro atoms. The summed E-state index contributed by atoms with van der Waals surface area (Å²) >= 11 is 0. The molecular formula is C17H22N4O2. The Hall–Kier alpha value is -2.05. The summed E-state index contributed by atoms with van der Waals surface area (Å²) in [6.07, 6.45) is 1.93. The van der Waals surface area contributed by atoms with Gasteiger partial charge in [0, 0.05) is 42.8 Å². The number of H-pyrrole nitrogens is 1. The minimum absolute atomic E-state index is 0.154. The second kappa shape index (κ2) is 5.54. The van der Waals surface area contributed by atoms with Crippen LogP contribution >= 0.6 is 0 Å². The van der Waals surface area contributed by atoms with E-state index in [4.69, 9.17) is 9.47 Å². The van der Waals surface area contributed by atoms with E-state index in [1.807, 2.05) is 24.4 Å². The van der Waals surface area contributed by atoms with Gasteiger partial charge in [0.25, 0.3) is 0 Å². The van der Waals surface area contributed by atoms with Gasteiger partial charge in [-0.2, -0.15) is 5.10 Å². The molecule has 1 aromatic heterocycles. The average Bonchev–Trinajstić information content (AvgIpc) is 3.14. The maximum Gasteiger partial charge on any atom is 0.231 e. The van der Waals surface area contributed by atoms with Gasteiger partial charge in [-0.1, -0.05) is 0 Å². The number of piperazine rings is 1. The molecule has 0 amide bonds. The smallest absolute Gasteiger partial charge is 0.231 e. The topological polar surface area (TPSA) is 62.4 Å². The van der Waals surface area contributed by atoms with Crippen LogP contribution in [-0.2, 0) is 6.54 Å². The summed E-state index contributed by atoms with van der Waals surface area (Å²) in [7, 11) is 0. The monoisotopic (exact) mass is 314 g/mol. The van der Waals surface area contributed by atoms with Gasteiger partial charge in [0.1, 0.15) is 0 Å². The molecule has 3 heterocycles. The number of hydrogen-bond acceptors (Lipinski definition) is 5. The standard InChI is InChI=1S/C17H22N4O2/c1-17(2)10-21(6-5-18-17)9-13-8-19-20-16(13)12-3-4-14-15(7-12)23-11-22-14/h3-4,7-8,18H,5-6,9-11H2,1-2H3,(H,19,20). The molecule has 23 heavy (non-hydrogen) atoms. The SMILES string of the molecule is CC1(C)CN(Cc2cn[nH]c2-c2ccc3c(c2)OCO3)CCN1. The Kier molecular flexibility index (Phi) is 3.50. The number of fused-ring (bicyclic) bond motifs is 1. The molecule has 0 bridgehead atoms. The predicted molar refractivity (Wildman–Crippen MR) is 87.5 cm³/mol. The minimum atomic E-state index is 0.154. The summed E-state index contributed by atoms with van der Waals surface area (Å²) in [5, 5.41) is 10.9. The molecule has 0 atom stereocenters. The van der Waals surface area contributed by atoms with Crippen molar-refractivity contribution < 1.29 is 9.47 Å². The van der Waals surface area contributed by atoms with Crippen LogP contribution in [0.4, 0.5) is 0 Å². The first kappa shape index (κ1) is 14.5. The molecule has 1 saturated heterocycles. The molecule has 122 valence electrons. The quantitative estimate of drug-likeness (QED) is 0.907. The van der Waals surface area contributed by atoms with E-state index in [0.717, 1.165) is 48.9 Å². The van der Waals surface area contributed by atoms with Crippen molar-refractivity contribution in [2.45, 2.75) is 25.9 Å². The Labute approximate surface area is 135 Å². The summed E-state index contributed by atoms with van der Waals surface area (Å²) < 4.78 is 10.9. The highest BCUT2D eigenvalue weighted by molar-refractivity contribution is 5.66. The number of hydrogen-bond donors (Lipinski definition) is 2. The molecule has 0 radical (unpaired) electrons. The molecule has 0 unspecified atom stereocenters. The Balaban J connectivity index is 1.56. The Morgan fingerprint density at radius 2 is 2.13 bits per heavy atom. The summed E-state index contributed by atoms with van der Waals surface area (Å²) in [4.78, 5) is 2.47. The fourth-order valence-electron chi connectivity index (χ4n) is 3.36. The number of nitrogens with zero attached hydrogens (tertiary/aromatic N) is 2. The summed E-state index contributed by atoms with van der Waals surface area (Å²) in [6.45, 7) is 8.77. The highest BCUT2D eigenvalue weighted by Crippen LogP contribution is 2.36. The molecule has 2 aliphatic heterocycles. The van der Waals surface area contributed by atoms with Crippen LogP contribution < -0.4 is 14.8 Å².